The van der Waals surface area contributed by atoms with Gasteiger partial charge in [0.1, 0.15) is 6.10 Å². The largest absolute Gasteiger partial charge is 0.389 e. The fraction of sp³-hybridized carbons (Fsp3) is 0.800. The zero-order valence-corrected chi connectivity index (χ0v) is 9.32. The van der Waals surface area contributed by atoms with E-state index in [2.05, 4.69) is 4.74 Å². The Hall–Kier alpha value is -0.940. The molecule has 0 heterocycles. The molecule has 0 fully saturated rings. The number of hydrogen-bond acceptors (Lipinski definition) is 5. The summed E-state index contributed by atoms with van der Waals surface area (Å²) in [4.78, 5) is 22.2. The molecule has 0 aliphatic carbocycles. The highest BCUT2D eigenvalue weighted by molar-refractivity contribution is 5.91. The first-order valence-corrected chi connectivity index (χ1v) is 4.97. The summed E-state index contributed by atoms with van der Waals surface area (Å²) in [5, 5.41) is 18.4. The van der Waals surface area contributed by atoms with Crippen LogP contribution in [0.5, 0.6) is 0 Å². The molecule has 0 aliphatic rings. The van der Waals surface area contributed by atoms with Crippen LogP contribution in [0.25, 0.3) is 0 Å². The third-order valence-corrected chi connectivity index (χ3v) is 1.99. The second kappa shape index (κ2) is 5.82. The lowest BCUT2D eigenvalue weighted by atomic mass is 10.00. The summed E-state index contributed by atoms with van der Waals surface area (Å²) in [5.74, 6) is -2.06. The average Bonchev–Trinajstić information content (AvgIpc) is 2.14. The highest BCUT2D eigenvalue weighted by Crippen LogP contribution is 2.15. The first kappa shape index (κ1) is 14.1. The summed E-state index contributed by atoms with van der Waals surface area (Å²) in [7, 11) is 0. The second-order valence-electron chi connectivity index (χ2n) is 3.76. The predicted octanol–water partition coefficient (Wildman–Crippen LogP) is 0.378. The molecule has 0 saturated heterocycles. The highest BCUT2D eigenvalue weighted by Gasteiger charge is 2.33. The van der Waals surface area contributed by atoms with Gasteiger partial charge in [-0.05, 0) is 20.3 Å². The third-order valence-electron chi connectivity index (χ3n) is 1.99. The zero-order valence-electron chi connectivity index (χ0n) is 9.32. The van der Waals surface area contributed by atoms with E-state index in [1.165, 1.54) is 13.8 Å². The Kier molecular flexibility index (Phi) is 5.46. The first-order chi connectivity index (χ1) is 6.81. The fourth-order valence-corrected chi connectivity index (χ4v) is 0.910. The minimum Gasteiger partial charge on any atom is -0.389 e. The molecule has 0 aliphatic heterocycles. The van der Waals surface area contributed by atoms with Gasteiger partial charge in [0.05, 0.1) is 0 Å². The van der Waals surface area contributed by atoms with E-state index in [0.29, 0.717) is 6.42 Å². The SMILES string of the molecule is CCCCC(C)(O)C(=O)OC(=O)C(C)O. The number of carbonyl (C=O) groups excluding carboxylic acids is 2. The molecular weight excluding hydrogens is 200 g/mol. The van der Waals surface area contributed by atoms with Crippen LogP contribution in [-0.4, -0.2) is 33.9 Å². The summed E-state index contributed by atoms with van der Waals surface area (Å²) < 4.78 is 4.30. The number of unbranched alkanes of at least 4 members (excludes halogenated alkanes) is 1. The van der Waals surface area contributed by atoms with Gasteiger partial charge in [0.2, 0.25) is 0 Å². The van der Waals surface area contributed by atoms with Crippen molar-refractivity contribution in [3.63, 3.8) is 0 Å². The predicted molar refractivity (Wildman–Crippen MR) is 52.9 cm³/mol. The highest BCUT2D eigenvalue weighted by atomic mass is 16.6. The number of esters is 2. The molecule has 2 atom stereocenters. The van der Waals surface area contributed by atoms with Gasteiger partial charge < -0.3 is 14.9 Å². The fourth-order valence-electron chi connectivity index (χ4n) is 0.910. The van der Waals surface area contributed by atoms with Gasteiger partial charge in [-0.15, -0.1) is 0 Å². The molecule has 0 aromatic rings. The quantitative estimate of drug-likeness (QED) is 0.514. The van der Waals surface area contributed by atoms with Crippen molar-refractivity contribution in [2.24, 2.45) is 0 Å². The maximum Gasteiger partial charge on any atom is 0.345 e. The average molecular weight is 218 g/mol. The number of hydrogen-bond donors (Lipinski definition) is 2. The first-order valence-electron chi connectivity index (χ1n) is 4.97. The molecule has 0 amide bonds. The summed E-state index contributed by atoms with van der Waals surface area (Å²) >= 11 is 0. The van der Waals surface area contributed by atoms with E-state index in [9.17, 15) is 14.7 Å². The van der Waals surface area contributed by atoms with Crippen LogP contribution in [0.2, 0.25) is 0 Å². The Morgan fingerprint density at radius 3 is 2.40 bits per heavy atom. The van der Waals surface area contributed by atoms with Gasteiger partial charge in [-0.1, -0.05) is 19.8 Å². The van der Waals surface area contributed by atoms with Gasteiger partial charge in [-0.2, -0.15) is 0 Å². The van der Waals surface area contributed by atoms with E-state index in [1.807, 2.05) is 6.92 Å². The molecule has 0 saturated carbocycles. The lowest BCUT2D eigenvalue weighted by molar-refractivity contribution is -0.177. The number of carbonyl (C=O) groups is 2. The monoisotopic (exact) mass is 218 g/mol. The van der Waals surface area contributed by atoms with Crippen LogP contribution < -0.4 is 0 Å². The van der Waals surface area contributed by atoms with Crippen LogP contribution in [0, 0.1) is 0 Å². The van der Waals surface area contributed by atoms with Crippen molar-refractivity contribution in [2.75, 3.05) is 0 Å². The van der Waals surface area contributed by atoms with Crippen LogP contribution in [-0.2, 0) is 14.3 Å². The summed E-state index contributed by atoms with van der Waals surface area (Å²) in [6, 6.07) is 0. The topological polar surface area (TPSA) is 83.8 Å². The van der Waals surface area contributed by atoms with E-state index in [4.69, 9.17) is 5.11 Å². The van der Waals surface area contributed by atoms with Crippen LogP contribution >= 0.6 is 0 Å². The third kappa shape index (κ3) is 4.90. The Labute approximate surface area is 89.0 Å². The van der Waals surface area contributed by atoms with Crippen LogP contribution in [0.3, 0.4) is 0 Å². The normalized spacial score (nSPS) is 16.6. The molecule has 0 aromatic carbocycles. The Bertz CT molecular complexity index is 232. The molecule has 2 N–H and O–H groups in total. The molecule has 5 heteroatoms. The van der Waals surface area contributed by atoms with Crippen molar-refractivity contribution >= 4 is 11.9 Å². The maximum absolute atomic E-state index is 11.3. The minimum atomic E-state index is -1.67. The van der Waals surface area contributed by atoms with Gasteiger partial charge in [-0.3, -0.25) is 0 Å². The van der Waals surface area contributed by atoms with Crippen molar-refractivity contribution in [3.05, 3.63) is 0 Å². The molecule has 15 heavy (non-hydrogen) atoms. The summed E-state index contributed by atoms with van der Waals surface area (Å²) in [5.41, 5.74) is -1.67. The van der Waals surface area contributed by atoms with Gasteiger partial charge >= 0.3 is 11.9 Å². The van der Waals surface area contributed by atoms with Gasteiger partial charge in [0.15, 0.2) is 5.60 Å². The summed E-state index contributed by atoms with van der Waals surface area (Å²) in [6.45, 7) is 4.40. The number of rotatable bonds is 5. The van der Waals surface area contributed by atoms with Crippen molar-refractivity contribution in [2.45, 2.75) is 51.7 Å². The Morgan fingerprint density at radius 1 is 1.47 bits per heavy atom. The lowest BCUT2D eigenvalue weighted by Gasteiger charge is -2.20. The maximum atomic E-state index is 11.3. The van der Waals surface area contributed by atoms with E-state index >= 15 is 0 Å². The van der Waals surface area contributed by atoms with Crippen LogP contribution in [0.4, 0.5) is 0 Å². The molecule has 2 unspecified atom stereocenters. The number of aliphatic hydroxyl groups is 2. The van der Waals surface area contributed by atoms with E-state index in [-0.39, 0.29) is 6.42 Å². The number of ether oxygens (including phenoxy) is 1. The minimum absolute atomic E-state index is 0.232. The molecule has 0 aromatic heterocycles. The van der Waals surface area contributed by atoms with Crippen molar-refractivity contribution in [1.82, 2.24) is 0 Å². The molecule has 0 radical (unpaired) electrons. The van der Waals surface area contributed by atoms with E-state index < -0.39 is 23.6 Å². The standard InChI is InChI=1S/C10H18O5/c1-4-5-6-10(3,14)9(13)15-8(12)7(2)11/h7,11,14H,4-6H2,1-3H3. The van der Waals surface area contributed by atoms with Crippen LogP contribution in [0.1, 0.15) is 40.0 Å². The molecule has 88 valence electrons. The van der Waals surface area contributed by atoms with Crippen molar-refractivity contribution in [1.29, 1.82) is 0 Å². The van der Waals surface area contributed by atoms with E-state index in [0.717, 1.165) is 6.42 Å². The lowest BCUT2D eigenvalue weighted by Crippen LogP contribution is -2.39. The molecule has 5 nitrogen and oxygen atoms in total. The van der Waals surface area contributed by atoms with E-state index in [1.54, 1.807) is 0 Å². The summed E-state index contributed by atoms with van der Waals surface area (Å²) in [6.07, 6.45) is 0.352. The van der Waals surface area contributed by atoms with Gasteiger partial charge in [0.25, 0.3) is 0 Å². The Morgan fingerprint density at radius 2 is 2.00 bits per heavy atom. The smallest absolute Gasteiger partial charge is 0.345 e. The molecule has 0 rings (SSSR count). The molecular formula is C10H18O5. The van der Waals surface area contributed by atoms with Crippen LogP contribution in [0.15, 0.2) is 0 Å². The molecule has 0 spiro atoms. The zero-order chi connectivity index (χ0) is 12.1. The Balaban J connectivity index is 4.24. The molecule has 0 bridgehead atoms. The van der Waals surface area contributed by atoms with Crippen molar-refractivity contribution < 1.29 is 24.5 Å². The second-order valence-corrected chi connectivity index (χ2v) is 3.76. The van der Waals surface area contributed by atoms with Gasteiger partial charge in [-0.25, -0.2) is 9.59 Å². The number of aliphatic hydroxyl groups excluding tert-OH is 1. The van der Waals surface area contributed by atoms with Gasteiger partial charge in [0, 0.05) is 0 Å². The van der Waals surface area contributed by atoms with Crippen molar-refractivity contribution in [3.8, 4) is 0 Å².